The second-order valence-electron chi connectivity index (χ2n) is 4.95. The number of fused-ring (bicyclic) bond motifs is 1. The minimum absolute atomic E-state index is 0.260. The summed E-state index contributed by atoms with van der Waals surface area (Å²) in [7, 11) is 0. The van der Waals surface area contributed by atoms with Crippen molar-refractivity contribution in [1.29, 1.82) is 0 Å². The molecule has 0 atom stereocenters. The molecule has 0 unspecified atom stereocenters. The van der Waals surface area contributed by atoms with Crippen molar-refractivity contribution in [2.24, 2.45) is 0 Å². The average molecular weight is 282 g/mol. The molecular weight excluding hydrogens is 267 g/mol. The maximum atomic E-state index is 13.7. The van der Waals surface area contributed by atoms with Gasteiger partial charge in [-0.3, -0.25) is 4.98 Å². The van der Waals surface area contributed by atoms with Gasteiger partial charge in [-0.1, -0.05) is 6.07 Å². The van der Waals surface area contributed by atoms with E-state index < -0.39 is 0 Å². The Balaban J connectivity index is 1.91. The van der Waals surface area contributed by atoms with Gasteiger partial charge >= 0.3 is 0 Å². The Kier molecular flexibility index (Phi) is 3.44. The van der Waals surface area contributed by atoms with Crippen molar-refractivity contribution in [3.63, 3.8) is 0 Å². The first-order valence-corrected chi connectivity index (χ1v) is 6.65. The van der Waals surface area contributed by atoms with E-state index in [1.54, 1.807) is 18.3 Å². The highest BCUT2D eigenvalue weighted by Crippen LogP contribution is 2.24. The Hall–Kier alpha value is -2.62. The third-order valence-corrected chi connectivity index (χ3v) is 3.33. The zero-order chi connectivity index (χ0) is 14.8. The van der Waals surface area contributed by atoms with E-state index in [1.165, 1.54) is 12.1 Å². The molecule has 1 aromatic heterocycles. The van der Waals surface area contributed by atoms with E-state index in [0.717, 1.165) is 27.8 Å². The van der Waals surface area contributed by atoms with Crippen molar-refractivity contribution >= 4 is 16.6 Å². The van der Waals surface area contributed by atoms with E-state index >= 15 is 0 Å². The SMILES string of the molecule is Cc1cc(N)ccc1OCc1cc(F)cc2cccnc12. The van der Waals surface area contributed by atoms with Crippen LogP contribution in [0.5, 0.6) is 5.75 Å². The van der Waals surface area contributed by atoms with Gasteiger partial charge < -0.3 is 10.5 Å². The molecular formula is C17H15FN2O. The van der Waals surface area contributed by atoms with Crippen LogP contribution in [-0.2, 0) is 6.61 Å². The number of ether oxygens (including phenoxy) is 1. The molecule has 3 rings (SSSR count). The van der Waals surface area contributed by atoms with Gasteiger partial charge in [-0.2, -0.15) is 0 Å². The molecule has 0 saturated heterocycles. The van der Waals surface area contributed by atoms with Crippen molar-refractivity contribution in [2.75, 3.05) is 5.73 Å². The number of nitrogens with zero attached hydrogens (tertiary/aromatic N) is 1. The highest BCUT2D eigenvalue weighted by atomic mass is 19.1. The largest absolute Gasteiger partial charge is 0.489 e. The van der Waals surface area contributed by atoms with Crippen LogP contribution >= 0.6 is 0 Å². The van der Waals surface area contributed by atoms with Crippen molar-refractivity contribution in [2.45, 2.75) is 13.5 Å². The van der Waals surface area contributed by atoms with Crippen LogP contribution in [0, 0.1) is 12.7 Å². The van der Waals surface area contributed by atoms with Crippen molar-refractivity contribution in [3.05, 3.63) is 65.6 Å². The zero-order valence-corrected chi connectivity index (χ0v) is 11.6. The minimum Gasteiger partial charge on any atom is -0.489 e. The fourth-order valence-corrected chi connectivity index (χ4v) is 2.33. The molecule has 4 heteroatoms. The van der Waals surface area contributed by atoms with Crippen LogP contribution in [-0.4, -0.2) is 4.98 Å². The van der Waals surface area contributed by atoms with E-state index in [2.05, 4.69) is 4.98 Å². The number of pyridine rings is 1. The molecule has 106 valence electrons. The fourth-order valence-electron chi connectivity index (χ4n) is 2.33. The molecule has 21 heavy (non-hydrogen) atoms. The second kappa shape index (κ2) is 5.40. The quantitative estimate of drug-likeness (QED) is 0.742. The van der Waals surface area contributed by atoms with Gasteiger partial charge in [0.2, 0.25) is 0 Å². The summed E-state index contributed by atoms with van der Waals surface area (Å²) in [6.45, 7) is 2.18. The minimum atomic E-state index is -0.289. The van der Waals surface area contributed by atoms with Gasteiger partial charge in [0, 0.05) is 22.8 Å². The topological polar surface area (TPSA) is 48.1 Å². The number of benzene rings is 2. The summed E-state index contributed by atoms with van der Waals surface area (Å²) < 4.78 is 19.4. The second-order valence-corrected chi connectivity index (χ2v) is 4.95. The number of hydrogen-bond acceptors (Lipinski definition) is 3. The first-order valence-electron chi connectivity index (χ1n) is 6.65. The average Bonchev–Trinajstić information content (AvgIpc) is 2.46. The standard InChI is InChI=1S/C17H15FN2O/c1-11-7-15(19)4-5-16(11)21-10-13-9-14(18)8-12-3-2-6-20-17(12)13/h2-9H,10,19H2,1H3. The molecule has 0 aliphatic rings. The Labute approximate surface area is 122 Å². The molecule has 3 nitrogen and oxygen atoms in total. The molecule has 0 fully saturated rings. The van der Waals surface area contributed by atoms with E-state index in [9.17, 15) is 4.39 Å². The van der Waals surface area contributed by atoms with Crippen LogP contribution in [0.4, 0.5) is 10.1 Å². The molecule has 3 aromatic rings. The zero-order valence-electron chi connectivity index (χ0n) is 11.6. The van der Waals surface area contributed by atoms with Crippen LogP contribution in [0.2, 0.25) is 0 Å². The Bertz CT molecular complexity index is 802. The lowest BCUT2D eigenvalue weighted by Gasteiger charge is -2.11. The number of rotatable bonds is 3. The molecule has 0 spiro atoms. The van der Waals surface area contributed by atoms with Crippen LogP contribution < -0.4 is 10.5 Å². The van der Waals surface area contributed by atoms with Crippen LogP contribution in [0.25, 0.3) is 10.9 Å². The Morgan fingerprint density at radius 3 is 2.86 bits per heavy atom. The smallest absolute Gasteiger partial charge is 0.124 e. The maximum Gasteiger partial charge on any atom is 0.124 e. The Morgan fingerprint density at radius 2 is 2.05 bits per heavy atom. The summed E-state index contributed by atoms with van der Waals surface area (Å²) in [6.07, 6.45) is 1.69. The van der Waals surface area contributed by atoms with Gasteiger partial charge in [-0.05, 0) is 48.9 Å². The van der Waals surface area contributed by atoms with E-state index in [-0.39, 0.29) is 12.4 Å². The van der Waals surface area contributed by atoms with E-state index in [0.29, 0.717) is 5.69 Å². The van der Waals surface area contributed by atoms with E-state index in [4.69, 9.17) is 10.5 Å². The highest BCUT2D eigenvalue weighted by molar-refractivity contribution is 5.81. The molecule has 0 radical (unpaired) electrons. The van der Waals surface area contributed by atoms with Crippen molar-refractivity contribution < 1.29 is 9.13 Å². The number of aryl methyl sites for hydroxylation is 1. The van der Waals surface area contributed by atoms with Gasteiger partial charge in [-0.25, -0.2) is 4.39 Å². The van der Waals surface area contributed by atoms with E-state index in [1.807, 2.05) is 25.1 Å². The summed E-state index contributed by atoms with van der Waals surface area (Å²) in [4.78, 5) is 4.30. The van der Waals surface area contributed by atoms with Crippen molar-refractivity contribution in [1.82, 2.24) is 4.98 Å². The van der Waals surface area contributed by atoms with Gasteiger partial charge in [-0.15, -0.1) is 0 Å². The number of nitrogens with two attached hydrogens (primary N) is 1. The summed E-state index contributed by atoms with van der Waals surface area (Å²) in [5.74, 6) is 0.445. The van der Waals surface area contributed by atoms with Gasteiger partial charge in [0.15, 0.2) is 0 Å². The number of anilines is 1. The monoisotopic (exact) mass is 282 g/mol. The number of halogens is 1. The summed E-state index contributed by atoms with van der Waals surface area (Å²) in [5, 5.41) is 0.769. The lowest BCUT2D eigenvalue weighted by molar-refractivity contribution is 0.305. The highest BCUT2D eigenvalue weighted by Gasteiger charge is 2.07. The predicted molar refractivity (Wildman–Crippen MR) is 81.6 cm³/mol. The molecule has 0 amide bonds. The Morgan fingerprint density at radius 1 is 1.19 bits per heavy atom. The lowest BCUT2D eigenvalue weighted by atomic mass is 10.1. The molecule has 0 aliphatic heterocycles. The van der Waals surface area contributed by atoms with Crippen LogP contribution in [0.1, 0.15) is 11.1 Å². The first kappa shape index (κ1) is 13.4. The van der Waals surface area contributed by atoms with Gasteiger partial charge in [0.1, 0.15) is 18.2 Å². The summed E-state index contributed by atoms with van der Waals surface area (Å²) in [6, 6.07) is 12.0. The fraction of sp³-hybridized carbons (Fsp3) is 0.118. The molecule has 0 bridgehead atoms. The predicted octanol–water partition coefficient (Wildman–Crippen LogP) is 3.84. The maximum absolute atomic E-state index is 13.7. The van der Waals surface area contributed by atoms with Gasteiger partial charge in [0.25, 0.3) is 0 Å². The third-order valence-electron chi connectivity index (χ3n) is 3.33. The van der Waals surface area contributed by atoms with Crippen LogP contribution in [0.3, 0.4) is 0 Å². The third kappa shape index (κ3) is 2.79. The van der Waals surface area contributed by atoms with Crippen molar-refractivity contribution in [3.8, 4) is 5.75 Å². The first-order chi connectivity index (χ1) is 10.1. The lowest BCUT2D eigenvalue weighted by Crippen LogP contribution is -2.00. The normalized spacial score (nSPS) is 10.8. The number of hydrogen-bond donors (Lipinski definition) is 1. The summed E-state index contributed by atoms with van der Waals surface area (Å²) >= 11 is 0. The molecule has 2 N–H and O–H groups in total. The molecule has 2 aromatic carbocycles. The molecule has 1 heterocycles. The number of nitrogen functional groups attached to an aromatic ring is 1. The van der Waals surface area contributed by atoms with Crippen LogP contribution in [0.15, 0.2) is 48.7 Å². The molecule has 0 saturated carbocycles. The number of aromatic nitrogens is 1. The summed E-state index contributed by atoms with van der Waals surface area (Å²) in [5.41, 5.74) is 8.83. The molecule has 0 aliphatic carbocycles. The van der Waals surface area contributed by atoms with Gasteiger partial charge in [0.05, 0.1) is 5.52 Å².